The van der Waals surface area contributed by atoms with E-state index in [1.54, 1.807) is 17.4 Å². The molecular weight excluding hydrogens is 286 g/mol. The highest BCUT2D eigenvalue weighted by Gasteiger charge is 2.20. The topological polar surface area (TPSA) is 73.9 Å². The molecule has 0 saturated carbocycles. The molecule has 2 aromatic heterocycles. The van der Waals surface area contributed by atoms with Crippen LogP contribution in [0, 0.1) is 0 Å². The van der Waals surface area contributed by atoms with Crippen molar-refractivity contribution in [3.63, 3.8) is 0 Å². The number of aromatic amines is 1. The summed E-state index contributed by atoms with van der Waals surface area (Å²) in [4.78, 5) is 20.2. The summed E-state index contributed by atoms with van der Waals surface area (Å²) >= 11 is 1.55. The van der Waals surface area contributed by atoms with Gasteiger partial charge in [0.05, 0.1) is 5.69 Å². The number of nitrogens with zero attached hydrogens (tertiary/aromatic N) is 3. The molecule has 6 nitrogen and oxygen atoms in total. The minimum absolute atomic E-state index is 0.211. The first-order valence-corrected chi connectivity index (χ1v) is 7.88. The third-order valence-electron chi connectivity index (χ3n) is 3.59. The van der Waals surface area contributed by atoms with Gasteiger partial charge in [0.25, 0.3) is 5.91 Å². The van der Waals surface area contributed by atoms with Crippen LogP contribution >= 0.6 is 11.3 Å². The number of carbonyl (C=O) groups excluding carboxylic acids is 1. The molecule has 3 rings (SSSR count). The molecule has 0 saturated heterocycles. The van der Waals surface area contributed by atoms with Crippen molar-refractivity contribution in [2.75, 3.05) is 18.9 Å². The summed E-state index contributed by atoms with van der Waals surface area (Å²) < 4.78 is 0. The van der Waals surface area contributed by atoms with Crippen LogP contribution in [-0.2, 0) is 13.0 Å². The smallest absolute Gasteiger partial charge is 0.277 e. The van der Waals surface area contributed by atoms with Gasteiger partial charge in [-0.15, -0.1) is 11.3 Å². The van der Waals surface area contributed by atoms with Crippen LogP contribution in [0.25, 0.3) is 0 Å². The molecule has 2 N–H and O–H groups in total. The normalized spacial score (nSPS) is 15.2. The number of amides is 1. The molecule has 0 aromatic carbocycles. The molecule has 0 atom stereocenters. The first-order valence-electron chi connectivity index (χ1n) is 7.06. The summed E-state index contributed by atoms with van der Waals surface area (Å²) in [5.41, 5.74) is 2.47. The molecule has 0 radical (unpaired) electrons. The van der Waals surface area contributed by atoms with Gasteiger partial charge >= 0.3 is 0 Å². The molecule has 21 heavy (non-hydrogen) atoms. The lowest BCUT2D eigenvalue weighted by Gasteiger charge is -2.20. The van der Waals surface area contributed by atoms with Crippen LogP contribution in [0.3, 0.4) is 0 Å². The molecule has 3 heterocycles. The Labute approximate surface area is 127 Å². The number of H-pyrrole nitrogens is 1. The number of anilines is 1. The number of carbonyl (C=O) groups is 1. The second kappa shape index (κ2) is 5.57. The molecule has 0 spiro atoms. The van der Waals surface area contributed by atoms with Crippen molar-refractivity contribution in [3.05, 3.63) is 28.0 Å². The van der Waals surface area contributed by atoms with E-state index >= 15 is 0 Å². The van der Waals surface area contributed by atoms with Crippen LogP contribution in [0.4, 0.5) is 5.13 Å². The standard InChI is InChI=1S/C14H19N5OS/c1-8(2)10-6-11(18-17-10)13(20)16-14-15-9-4-5-19(3)7-12(9)21-14/h6,8H,4-5,7H2,1-3H3,(H,17,18)(H,15,16,20). The van der Waals surface area contributed by atoms with Crippen LogP contribution in [0.5, 0.6) is 0 Å². The number of hydrogen-bond acceptors (Lipinski definition) is 5. The first-order chi connectivity index (χ1) is 10.0. The molecule has 0 bridgehead atoms. The zero-order valence-electron chi connectivity index (χ0n) is 12.4. The number of nitrogens with one attached hydrogen (secondary N) is 2. The number of aromatic nitrogens is 3. The maximum absolute atomic E-state index is 12.2. The van der Waals surface area contributed by atoms with E-state index in [0.717, 1.165) is 30.9 Å². The molecule has 1 aliphatic heterocycles. The third kappa shape index (κ3) is 2.98. The maximum atomic E-state index is 12.2. The lowest BCUT2D eigenvalue weighted by atomic mass is 10.1. The zero-order chi connectivity index (χ0) is 15.0. The second-order valence-corrected chi connectivity index (χ2v) is 6.78. The summed E-state index contributed by atoms with van der Waals surface area (Å²) in [6.07, 6.45) is 0.943. The molecule has 0 unspecified atom stereocenters. The third-order valence-corrected chi connectivity index (χ3v) is 4.59. The van der Waals surface area contributed by atoms with Crippen molar-refractivity contribution in [2.45, 2.75) is 32.7 Å². The van der Waals surface area contributed by atoms with Gasteiger partial charge in [0, 0.05) is 30.1 Å². The van der Waals surface area contributed by atoms with Crippen molar-refractivity contribution >= 4 is 22.4 Å². The largest absolute Gasteiger partial charge is 0.301 e. The van der Waals surface area contributed by atoms with Gasteiger partial charge in [-0.05, 0) is 19.0 Å². The predicted molar refractivity (Wildman–Crippen MR) is 82.8 cm³/mol. The van der Waals surface area contributed by atoms with E-state index in [1.807, 2.05) is 0 Å². The van der Waals surface area contributed by atoms with Gasteiger partial charge in [-0.2, -0.15) is 5.10 Å². The Hall–Kier alpha value is -1.73. The average molecular weight is 305 g/mol. The molecule has 7 heteroatoms. The number of thiazole rings is 1. The van der Waals surface area contributed by atoms with Crippen LogP contribution in [0.15, 0.2) is 6.07 Å². The van der Waals surface area contributed by atoms with E-state index in [0.29, 0.717) is 16.7 Å². The summed E-state index contributed by atoms with van der Waals surface area (Å²) in [7, 11) is 2.10. The van der Waals surface area contributed by atoms with Crippen molar-refractivity contribution in [1.29, 1.82) is 0 Å². The van der Waals surface area contributed by atoms with Gasteiger partial charge in [-0.25, -0.2) is 4.98 Å². The Morgan fingerprint density at radius 3 is 3.05 bits per heavy atom. The van der Waals surface area contributed by atoms with Gasteiger partial charge < -0.3 is 4.90 Å². The van der Waals surface area contributed by atoms with Crippen molar-refractivity contribution in [2.24, 2.45) is 0 Å². The summed E-state index contributed by atoms with van der Waals surface area (Å²) in [6.45, 7) is 6.03. The lowest BCUT2D eigenvalue weighted by molar-refractivity contribution is 0.102. The van der Waals surface area contributed by atoms with E-state index in [-0.39, 0.29) is 5.91 Å². The first kappa shape index (κ1) is 14.2. The Morgan fingerprint density at radius 2 is 2.33 bits per heavy atom. The SMILES string of the molecule is CC(C)c1cc(C(=O)Nc2nc3c(s2)CN(C)CC3)n[nH]1. The van der Waals surface area contributed by atoms with Gasteiger partial charge in [0.15, 0.2) is 10.8 Å². The fraction of sp³-hybridized carbons (Fsp3) is 0.500. The van der Waals surface area contributed by atoms with E-state index in [9.17, 15) is 4.79 Å². The molecule has 2 aromatic rings. The number of fused-ring (bicyclic) bond motifs is 1. The minimum Gasteiger partial charge on any atom is -0.301 e. The Bertz CT molecular complexity index is 660. The lowest BCUT2D eigenvalue weighted by Crippen LogP contribution is -2.25. The van der Waals surface area contributed by atoms with Gasteiger partial charge in [0.1, 0.15) is 0 Å². The molecule has 1 amide bonds. The average Bonchev–Trinajstić information content (AvgIpc) is 3.03. The molecule has 0 fully saturated rings. The van der Waals surface area contributed by atoms with E-state index < -0.39 is 0 Å². The summed E-state index contributed by atoms with van der Waals surface area (Å²) in [6, 6.07) is 1.79. The number of rotatable bonds is 3. The number of likely N-dealkylation sites (N-methyl/N-ethyl adjacent to an activating group) is 1. The van der Waals surface area contributed by atoms with E-state index in [4.69, 9.17) is 0 Å². The van der Waals surface area contributed by atoms with Gasteiger partial charge in [-0.3, -0.25) is 15.2 Å². The quantitative estimate of drug-likeness (QED) is 0.912. The van der Waals surface area contributed by atoms with E-state index in [1.165, 1.54) is 4.88 Å². The Morgan fingerprint density at radius 1 is 1.52 bits per heavy atom. The van der Waals surface area contributed by atoms with E-state index in [2.05, 4.69) is 46.3 Å². The Balaban J connectivity index is 1.72. The van der Waals surface area contributed by atoms with Crippen molar-refractivity contribution in [1.82, 2.24) is 20.1 Å². The van der Waals surface area contributed by atoms with Crippen molar-refractivity contribution in [3.8, 4) is 0 Å². The molecule has 0 aliphatic carbocycles. The number of hydrogen-bond donors (Lipinski definition) is 2. The van der Waals surface area contributed by atoms with Crippen molar-refractivity contribution < 1.29 is 4.79 Å². The van der Waals surface area contributed by atoms with Crippen LogP contribution in [0.2, 0.25) is 0 Å². The summed E-state index contributed by atoms with van der Waals surface area (Å²) in [5, 5.41) is 10.5. The molecule has 1 aliphatic rings. The predicted octanol–water partition coefficient (Wildman–Crippen LogP) is 2.23. The molecular formula is C14H19N5OS. The van der Waals surface area contributed by atoms with Crippen LogP contribution < -0.4 is 5.32 Å². The Kier molecular flexibility index (Phi) is 3.77. The maximum Gasteiger partial charge on any atom is 0.277 e. The highest BCUT2D eigenvalue weighted by Crippen LogP contribution is 2.28. The zero-order valence-corrected chi connectivity index (χ0v) is 13.3. The monoisotopic (exact) mass is 305 g/mol. The minimum atomic E-state index is -0.211. The van der Waals surface area contributed by atoms with Gasteiger partial charge in [-0.1, -0.05) is 13.8 Å². The van der Waals surface area contributed by atoms with Crippen LogP contribution in [0.1, 0.15) is 46.5 Å². The van der Waals surface area contributed by atoms with Gasteiger partial charge in [0.2, 0.25) is 0 Å². The van der Waals surface area contributed by atoms with Crippen LogP contribution in [-0.4, -0.2) is 39.6 Å². The highest BCUT2D eigenvalue weighted by atomic mass is 32.1. The summed E-state index contributed by atoms with van der Waals surface area (Å²) in [5.74, 6) is 0.111. The second-order valence-electron chi connectivity index (χ2n) is 5.69. The highest BCUT2D eigenvalue weighted by molar-refractivity contribution is 7.15. The fourth-order valence-corrected chi connectivity index (χ4v) is 3.37. The fourth-order valence-electron chi connectivity index (χ4n) is 2.29. The molecule has 112 valence electrons.